The molecule has 0 spiro atoms. The molecule has 0 bridgehead atoms. The number of hydrogen-bond donors (Lipinski definition) is 0. The van der Waals surface area contributed by atoms with E-state index in [9.17, 15) is 4.79 Å². The fourth-order valence-electron chi connectivity index (χ4n) is 1.63. The van der Waals surface area contributed by atoms with Crippen LogP contribution in [0.1, 0.15) is 12.5 Å². The van der Waals surface area contributed by atoms with Gasteiger partial charge in [-0.25, -0.2) is 0 Å². The second kappa shape index (κ2) is 6.50. The highest BCUT2D eigenvalue weighted by Crippen LogP contribution is 2.27. The molecule has 0 heterocycles. The minimum atomic E-state index is -0.518. The van der Waals surface area contributed by atoms with Crippen LogP contribution >= 0.6 is 11.6 Å². The Hall–Kier alpha value is -1.42. The van der Waals surface area contributed by atoms with Gasteiger partial charge in [0.2, 0.25) is 5.91 Å². The number of carbonyl (C=O) groups is 1. The number of carbonyl (C=O) groups excluding carboxylic acids is 1. The molecule has 1 atom stereocenters. The van der Waals surface area contributed by atoms with Crippen LogP contribution in [0.4, 0.5) is 0 Å². The predicted molar refractivity (Wildman–Crippen MR) is 71.3 cm³/mol. The Morgan fingerprint density at radius 2 is 1.94 bits per heavy atom. The normalized spacial score (nSPS) is 11.8. The molecular formula is C13H18ClNO3. The van der Waals surface area contributed by atoms with Crippen molar-refractivity contribution in [2.24, 2.45) is 0 Å². The molecule has 0 saturated carbocycles. The lowest BCUT2D eigenvalue weighted by atomic mass is 10.2. The highest BCUT2D eigenvalue weighted by atomic mass is 35.5. The third-order valence-corrected chi connectivity index (χ3v) is 2.77. The standard InChI is InChI=1S/C13H18ClNO3/c1-9(14)13(16)15(2)8-10-5-6-11(17-3)12(7-10)18-4/h5-7,9H,8H2,1-4H3/t9-/m1/s1. The summed E-state index contributed by atoms with van der Waals surface area (Å²) in [6, 6.07) is 5.56. The largest absolute Gasteiger partial charge is 0.493 e. The Labute approximate surface area is 112 Å². The zero-order valence-corrected chi connectivity index (χ0v) is 11.8. The zero-order valence-electron chi connectivity index (χ0n) is 11.1. The summed E-state index contributed by atoms with van der Waals surface area (Å²) in [5.74, 6) is 1.21. The molecule has 100 valence electrons. The van der Waals surface area contributed by atoms with Crippen molar-refractivity contribution in [1.29, 1.82) is 0 Å². The molecular weight excluding hydrogens is 254 g/mol. The minimum Gasteiger partial charge on any atom is -0.493 e. The first-order valence-electron chi connectivity index (χ1n) is 5.59. The van der Waals surface area contributed by atoms with Crippen molar-refractivity contribution >= 4 is 17.5 Å². The zero-order chi connectivity index (χ0) is 13.7. The summed E-state index contributed by atoms with van der Waals surface area (Å²) in [5, 5.41) is -0.518. The molecule has 0 aromatic heterocycles. The first-order valence-corrected chi connectivity index (χ1v) is 6.03. The van der Waals surface area contributed by atoms with E-state index in [1.54, 1.807) is 33.1 Å². The number of rotatable bonds is 5. The number of amides is 1. The third kappa shape index (κ3) is 3.53. The van der Waals surface area contributed by atoms with Gasteiger partial charge in [-0.2, -0.15) is 0 Å². The minimum absolute atomic E-state index is 0.105. The quantitative estimate of drug-likeness (QED) is 0.772. The maximum absolute atomic E-state index is 11.7. The summed E-state index contributed by atoms with van der Waals surface area (Å²) >= 11 is 5.76. The smallest absolute Gasteiger partial charge is 0.240 e. The lowest BCUT2D eigenvalue weighted by Crippen LogP contribution is -2.31. The SMILES string of the molecule is COc1ccc(CN(C)C(=O)[C@@H](C)Cl)cc1OC. The Balaban J connectivity index is 2.82. The van der Waals surface area contributed by atoms with Crippen LogP contribution in [0.25, 0.3) is 0 Å². The molecule has 4 nitrogen and oxygen atoms in total. The summed E-state index contributed by atoms with van der Waals surface area (Å²) in [4.78, 5) is 13.2. The number of alkyl halides is 1. The van der Waals surface area contributed by atoms with Crippen molar-refractivity contribution in [2.45, 2.75) is 18.8 Å². The van der Waals surface area contributed by atoms with E-state index >= 15 is 0 Å². The van der Waals surface area contributed by atoms with Gasteiger partial charge >= 0.3 is 0 Å². The molecule has 0 fully saturated rings. The van der Waals surface area contributed by atoms with Gasteiger partial charge in [-0.15, -0.1) is 11.6 Å². The number of halogens is 1. The van der Waals surface area contributed by atoms with Crippen LogP contribution in [-0.4, -0.2) is 37.5 Å². The number of hydrogen-bond acceptors (Lipinski definition) is 3. The highest BCUT2D eigenvalue weighted by Gasteiger charge is 2.15. The fourth-order valence-corrected chi connectivity index (χ4v) is 1.80. The number of nitrogens with zero attached hydrogens (tertiary/aromatic N) is 1. The van der Waals surface area contributed by atoms with Crippen molar-refractivity contribution in [2.75, 3.05) is 21.3 Å². The Bertz CT molecular complexity index is 421. The van der Waals surface area contributed by atoms with Crippen molar-refractivity contribution < 1.29 is 14.3 Å². The Kier molecular flexibility index (Phi) is 5.28. The molecule has 0 aliphatic carbocycles. The van der Waals surface area contributed by atoms with E-state index in [1.165, 1.54) is 0 Å². The summed E-state index contributed by atoms with van der Waals surface area (Å²) in [5.41, 5.74) is 0.959. The fraction of sp³-hybridized carbons (Fsp3) is 0.462. The van der Waals surface area contributed by atoms with Crippen LogP contribution in [0.5, 0.6) is 11.5 Å². The van der Waals surface area contributed by atoms with Crippen LogP contribution in [0.2, 0.25) is 0 Å². The van der Waals surface area contributed by atoms with Crippen molar-refractivity contribution in [1.82, 2.24) is 4.90 Å². The first kappa shape index (κ1) is 14.6. The Morgan fingerprint density at radius 1 is 1.33 bits per heavy atom. The predicted octanol–water partition coefficient (Wildman–Crippen LogP) is 2.29. The molecule has 5 heteroatoms. The van der Waals surface area contributed by atoms with Crippen molar-refractivity contribution in [3.63, 3.8) is 0 Å². The number of benzene rings is 1. The van der Waals surface area contributed by atoms with Gasteiger partial charge in [-0.05, 0) is 24.6 Å². The van der Waals surface area contributed by atoms with Gasteiger partial charge in [0, 0.05) is 13.6 Å². The van der Waals surface area contributed by atoms with Crippen LogP contribution in [0, 0.1) is 0 Å². The monoisotopic (exact) mass is 271 g/mol. The summed E-state index contributed by atoms with van der Waals surface area (Å²) < 4.78 is 10.4. The molecule has 1 aromatic carbocycles. The van der Waals surface area contributed by atoms with Crippen LogP contribution in [-0.2, 0) is 11.3 Å². The van der Waals surface area contributed by atoms with E-state index < -0.39 is 5.38 Å². The molecule has 0 saturated heterocycles. The van der Waals surface area contributed by atoms with E-state index in [2.05, 4.69) is 0 Å². The summed E-state index contributed by atoms with van der Waals surface area (Å²) in [7, 11) is 4.89. The van der Waals surface area contributed by atoms with E-state index in [-0.39, 0.29) is 5.91 Å². The number of methoxy groups -OCH3 is 2. The van der Waals surface area contributed by atoms with Gasteiger partial charge in [0.25, 0.3) is 0 Å². The van der Waals surface area contributed by atoms with Crippen LogP contribution < -0.4 is 9.47 Å². The lowest BCUT2D eigenvalue weighted by Gasteiger charge is -2.19. The van der Waals surface area contributed by atoms with E-state index in [1.807, 2.05) is 18.2 Å². The maximum Gasteiger partial charge on any atom is 0.240 e. The molecule has 1 aromatic rings. The van der Waals surface area contributed by atoms with E-state index in [0.29, 0.717) is 18.0 Å². The second-order valence-electron chi connectivity index (χ2n) is 4.00. The van der Waals surface area contributed by atoms with Gasteiger partial charge in [0.15, 0.2) is 11.5 Å². The molecule has 0 radical (unpaired) electrons. The molecule has 18 heavy (non-hydrogen) atoms. The highest BCUT2D eigenvalue weighted by molar-refractivity contribution is 6.30. The van der Waals surface area contributed by atoms with Gasteiger partial charge in [0.05, 0.1) is 14.2 Å². The van der Waals surface area contributed by atoms with Gasteiger partial charge in [-0.1, -0.05) is 6.07 Å². The lowest BCUT2D eigenvalue weighted by molar-refractivity contribution is -0.129. The first-order chi connectivity index (χ1) is 8.49. The average molecular weight is 272 g/mol. The maximum atomic E-state index is 11.7. The van der Waals surface area contributed by atoms with Crippen molar-refractivity contribution in [3.05, 3.63) is 23.8 Å². The van der Waals surface area contributed by atoms with Gasteiger partial charge in [0.1, 0.15) is 5.38 Å². The summed E-state index contributed by atoms with van der Waals surface area (Å²) in [6.45, 7) is 2.14. The van der Waals surface area contributed by atoms with E-state index in [0.717, 1.165) is 5.56 Å². The van der Waals surface area contributed by atoms with Crippen LogP contribution in [0.15, 0.2) is 18.2 Å². The molecule has 0 N–H and O–H groups in total. The summed E-state index contributed by atoms with van der Waals surface area (Å²) in [6.07, 6.45) is 0. The van der Waals surface area contributed by atoms with Gasteiger partial charge in [-0.3, -0.25) is 4.79 Å². The molecule has 1 rings (SSSR count). The van der Waals surface area contributed by atoms with Crippen LogP contribution in [0.3, 0.4) is 0 Å². The van der Waals surface area contributed by atoms with Gasteiger partial charge < -0.3 is 14.4 Å². The Morgan fingerprint density at radius 3 is 2.44 bits per heavy atom. The molecule has 1 amide bonds. The average Bonchev–Trinajstić information content (AvgIpc) is 2.37. The third-order valence-electron chi connectivity index (χ3n) is 2.58. The molecule has 0 unspecified atom stereocenters. The van der Waals surface area contributed by atoms with E-state index in [4.69, 9.17) is 21.1 Å². The number of ether oxygens (including phenoxy) is 2. The van der Waals surface area contributed by atoms with Crippen molar-refractivity contribution in [3.8, 4) is 11.5 Å². The topological polar surface area (TPSA) is 38.8 Å². The molecule has 0 aliphatic heterocycles. The second-order valence-corrected chi connectivity index (χ2v) is 4.65. The molecule has 0 aliphatic rings.